The van der Waals surface area contributed by atoms with Crippen LogP contribution >= 0.6 is 0 Å². The minimum atomic E-state index is -0.899. The van der Waals surface area contributed by atoms with Gasteiger partial charge in [0, 0.05) is 0 Å². The molecule has 23 heavy (non-hydrogen) atoms. The van der Waals surface area contributed by atoms with Gasteiger partial charge in [-0.2, -0.15) is 0 Å². The molecule has 0 aromatic heterocycles. The van der Waals surface area contributed by atoms with E-state index < -0.39 is 11.6 Å². The number of ether oxygens (including phenoxy) is 1. The molecule has 0 bridgehead atoms. The van der Waals surface area contributed by atoms with Crippen LogP contribution in [-0.2, 0) is 9.53 Å². The monoisotopic (exact) mass is 319 g/mol. The molecule has 1 aromatic carbocycles. The quantitative estimate of drug-likeness (QED) is 0.864. The maximum Gasteiger partial charge on any atom is 0.335 e. The first-order chi connectivity index (χ1) is 10.7. The molecule has 0 saturated carbocycles. The van der Waals surface area contributed by atoms with Gasteiger partial charge in [-0.1, -0.05) is 12.1 Å². The molecule has 0 amide bonds. The Bertz CT molecular complexity index is 551. The first-order valence-corrected chi connectivity index (χ1v) is 8.02. The molecule has 0 aliphatic carbocycles. The molecule has 2 rings (SSSR count). The number of carboxylic acid groups (broad SMARTS) is 1. The van der Waals surface area contributed by atoms with Crippen molar-refractivity contribution >= 4 is 11.9 Å². The molecule has 1 aliphatic rings. The van der Waals surface area contributed by atoms with Crippen LogP contribution in [0, 0.1) is 0 Å². The number of esters is 1. The number of nitrogens with zero attached hydrogens (tertiary/aromatic N) is 1. The zero-order chi connectivity index (χ0) is 17.0. The van der Waals surface area contributed by atoms with Crippen LogP contribution in [0.25, 0.3) is 0 Å². The molecule has 0 unspecified atom stereocenters. The van der Waals surface area contributed by atoms with Crippen molar-refractivity contribution in [3.8, 4) is 0 Å². The normalized spacial score (nSPS) is 17.0. The molecule has 1 aliphatic heterocycles. The number of piperidine rings is 1. The average molecular weight is 319 g/mol. The topological polar surface area (TPSA) is 66.8 Å². The Morgan fingerprint density at radius 3 is 2.22 bits per heavy atom. The fourth-order valence-corrected chi connectivity index (χ4v) is 2.88. The molecule has 126 valence electrons. The largest absolute Gasteiger partial charge is 0.478 e. The number of likely N-dealkylation sites (tertiary alicyclic amines) is 1. The lowest BCUT2D eigenvalue weighted by atomic mass is 9.89. The van der Waals surface area contributed by atoms with E-state index in [0.29, 0.717) is 18.0 Å². The molecule has 0 atom stereocenters. The zero-order valence-electron chi connectivity index (χ0n) is 14.0. The van der Waals surface area contributed by atoms with Gasteiger partial charge in [0.05, 0.1) is 12.1 Å². The molecular formula is C18H25NO4. The summed E-state index contributed by atoms with van der Waals surface area (Å²) in [6.45, 7) is 7.66. The minimum Gasteiger partial charge on any atom is -0.478 e. The highest BCUT2D eigenvalue weighted by Crippen LogP contribution is 2.28. The van der Waals surface area contributed by atoms with Crippen molar-refractivity contribution in [1.82, 2.24) is 4.90 Å². The third-order valence-corrected chi connectivity index (χ3v) is 3.99. The number of carboxylic acids is 1. The maximum atomic E-state index is 11.9. The van der Waals surface area contributed by atoms with Gasteiger partial charge in [0.2, 0.25) is 0 Å². The van der Waals surface area contributed by atoms with Crippen molar-refractivity contribution in [2.75, 3.05) is 19.6 Å². The van der Waals surface area contributed by atoms with Gasteiger partial charge in [-0.25, -0.2) is 4.79 Å². The highest BCUT2D eigenvalue weighted by molar-refractivity contribution is 5.87. The lowest BCUT2D eigenvalue weighted by molar-refractivity contribution is -0.156. The lowest BCUT2D eigenvalue weighted by Crippen LogP contribution is -2.39. The van der Waals surface area contributed by atoms with Crippen LogP contribution in [0.3, 0.4) is 0 Å². The molecule has 1 heterocycles. The smallest absolute Gasteiger partial charge is 0.335 e. The fraction of sp³-hybridized carbons (Fsp3) is 0.556. The van der Waals surface area contributed by atoms with E-state index >= 15 is 0 Å². The predicted molar refractivity (Wildman–Crippen MR) is 87.7 cm³/mol. The van der Waals surface area contributed by atoms with Crippen LogP contribution in [0.4, 0.5) is 0 Å². The van der Waals surface area contributed by atoms with Crippen molar-refractivity contribution in [2.45, 2.75) is 45.1 Å². The second-order valence-electron chi connectivity index (χ2n) is 7.06. The Balaban J connectivity index is 1.84. The van der Waals surface area contributed by atoms with E-state index in [-0.39, 0.29) is 5.97 Å². The number of hydrogen-bond donors (Lipinski definition) is 1. The summed E-state index contributed by atoms with van der Waals surface area (Å²) in [6.07, 6.45) is 1.93. The lowest BCUT2D eigenvalue weighted by Gasteiger charge is -2.32. The van der Waals surface area contributed by atoms with E-state index in [4.69, 9.17) is 9.84 Å². The molecule has 1 aromatic rings. The summed E-state index contributed by atoms with van der Waals surface area (Å²) in [6, 6.07) is 7.12. The van der Waals surface area contributed by atoms with Crippen molar-refractivity contribution in [2.24, 2.45) is 0 Å². The molecule has 1 N–H and O–H groups in total. The Labute approximate surface area is 137 Å². The molecule has 1 fully saturated rings. The second kappa shape index (κ2) is 7.13. The summed E-state index contributed by atoms with van der Waals surface area (Å²) < 4.78 is 5.35. The van der Waals surface area contributed by atoms with Crippen molar-refractivity contribution in [1.29, 1.82) is 0 Å². The van der Waals surface area contributed by atoms with Crippen LogP contribution < -0.4 is 0 Å². The van der Waals surface area contributed by atoms with Crippen LogP contribution in [-0.4, -0.2) is 47.2 Å². The zero-order valence-corrected chi connectivity index (χ0v) is 14.0. The van der Waals surface area contributed by atoms with Gasteiger partial charge in [0.15, 0.2) is 0 Å². The highest BCUT2D eigenvalue weighted by atomic mass is 16.6. The van der Waals surface area contributed by atoms with E-state index in [1.165, 1.54) is 5.56 Å². The summed E-state index contributed by atoms with van der Waals surface area (Å²) in [5, 5.41) is 8.93. The third kappa shape index (κ3) is 5.36. The number of aromatic carboxylic acids is 1. The summed E-state index contributed by atoms with van der Waals surface area (Å²) in [5.74, 6) is -0.654. The first-order valence-electron chi connectivity index (χ1n) is 8.02. The van der Waals surface area contributed by atoms with Crippen molar-refractivity contribution in [3.05, 3.63) is 35.4 Å². The standard InChI is InChI=1S/C18H25NO4/c1-18(2,3)23-16(20)12-19-10-8-14(9-11-19)13-4-6-15(7-5-13)17(21)22/h4-7,14H,8-12H2,1-3H3,(H,21,22). The molecule has 0 spiro atoms. The molecule has 1 saturated heterocycles. The summed E-state index contributed by atoms with van der Waals surface area (Å²) in [7, 11) is 0. The van der Waals surface area contributed by atoms with Crippen LogP contribution in [0.5, 0.6) is 0 Å². The van der Waals surface area contributed by atoms with Crippen LogP contribution in [0.1, 0.15) is 55.5 Å². The third-order valence-electron chi connectivity index (χ3n) is 3.99. The van der Waals surface area contributed by atoms with E-state index in [1.54, 1.807) is 12.1 Å². The van der Waals surface area contributed by atoms with Crippen LogP contribution in [0.15, 0.2) is 24.3 Å². The van der Waals surface area contributed by atoms with E-state index in [2.05, 4.69) is 4.90 Å². The Morgan fingerprint density at radius 2 is 1.74 bits per heavy atom. The second-order valence-corrected chi connectivity index (χ2v) is 7.06. The Hall–Kier alpha value is -1.88. The van der Waals surface area contributed by atoms with E-state index in [0.717, 1.165) is 25.9 Å². The van der Waals surface area contributed by atoms with Gasteiger partial charge in [0.25, 0.3) is 0 Å². The van der Waals surface area contributed by atoms with Gasteiger partial charge >= 0.3 is 11.9 Å². The summed E-state index contributed by atoms with van der Waals surface area (Å²) >= 11 is 0. The minimum absolute atomic E-state index is 0.179. The predicted octanol–water partition coefficient (Wildman–Crippen LogP) is 2.91. The Kier molecular flexibility index (Phi) is 5.42. The van der Waals surface area contributed by atoms with Gasteiger partial charge in [-0.15, -0.1) is 0 Å². The molecule has 5 heteroatoms. The summed E-state index contributed by atoms with van der Waals surface area (Å²) in [4.78, 5) is 24.9. The SMILES string of the molecule is CC(C)(C)OC(=O)CN1CCC(c2ccc(C(=O)O)cc2)CC1. The van der Waals surface area contributed by atoms with E-state index in [1.807, 2.05) is 32.9 Å². The fourth-order valence-electron chi connectivity index (χ4n) is 2.88. The van der Waals surface area contributed by atoms with Crippen molar-refractivity contribution in [3.63, 3.8) is 0 Å². The number of carbonyl (C=O) groups is 2. The van der Waals surface area contributed by atoms with Gasteiger partial charge in [-0.3, -0.25) is 9.69 Å². The maximum absolute atomic E-state index is 11.9. The van der Waals surface area contributed by atoms with Crippen LogP contribution in [0.2, 0.25) is 0 Å². The summed E-state index contributed by atoms with van der Waals surface area (Å²) in [5.41, 5.74) is 1.05. The number of carbonyl (C=O) groups excluding carboxylic acids is 1. The number of hydrogen-bond acceptors (Lipinski definition) is 4. The van der Waals surface area contributed by atoms with E-state index in [9.17, 15) is 9.59 Å². The van der Waals surface area contributed by atoms with Gasteiger partial charge in [0.1, 0.15) is 5.60 Å². The first kappa shape index (κ1) is 17.5. The van der Waals surface area contributed by atoms with Crippen molar-refractivity contribution < 1.29 is 19.4 Å². The molecule has 0 radical (unpaired) electrons. The molecule has 5 nitrogen and oxygen atoms in total. The van der Waals surface area contributed by atoms with Gasteiger partial charge < -0.3 is 9.84 Å². The number of benzene rings is 1. The highest BCUT2D eigenvalue weighted by Gasteiger charge is 2.24. The average Bonchev–Trinajstić information content (AvgIpc) is 2.46. The van der Waals surface area contributed by atoms with Gasteiger partial charge in [-0.05, 0) is 70.3 Å². The molecular weight excluding hydrogens is 294 g/mol. The Morgan fingerprint density at radius 1 is 1.17 bits per heavy atom. The number of rotatable bonds is 4.